The average molecular weight is 385 g/mol. The fourth-order valence-corrected chi connectivity index (χ4v) is 3.73. The highest BCUT2D eigenvalue weighted by Gasteiger charge is 2.16. The number of rotatable bonds is 7. The summed E-state index contributed by atoms with van der Waals surface area (Å²) >= 11 is 0. The Balaban J connectivity index is 1.38. The number of aromatic amines is 1. The Morgan fingerprint density at radius 3 is 2.25 bits per heavy atom. The Morgan fingerprint density at radius 2 is 1.54 bits per heavy atom. The minimum Gasteiger partial charge on any atom is -0.301 e. The summed E-state index contributed by atoms with van der Waals surface area (Å²) in [6.07, 6.45) is 3.66. The molecule has 2 heterocycles. The monoisotopic (exact) mass is 384 g/mol. The van der Waals surface area contributed by atoms with Gasteiger partial charge >= 0.3 is 5.69 Å². The molecule has 0 spiro atoms. The van der Waals surface area contributed by atoms with Crippen LogP contribution in [-0.2, 0) is 13.1 Å². The Hall–Kier alpha value is -2.18. The van der Waals surface area contributed by atoms with Gasteiger partial charge in [-0.15, -0.1) is 0 Å². The van der Waals surface area contributed by atoms with Crippen LogP contribution in [0.3, 0.4) is 0 Å². The highest BCUT2D eigenvalue weighted by molar-refractivity contribution is 5.29. The molecule has 1 aliphatic rings. The lowest BCUT2D eigenvalue weighted by molar-refractivity contribution is 0.125. The van der Waals surface area contributed by atoms with Crippen LogP contribution in [0, 0.1) is 20.8 Å². The summed E-state index contributed by atoms with van der Waals surface area (Å²) in [6.45, 7) is 13.2. The Morgan fingerprint density at radius 1 is 0.857 bits per heavy atom. The first-order chi connectivity index (χ1) is 13.4. The van der Waals surface area contributed by atoms with Crippen LogP contribution in [0.1, 0.15) is 35.1 Å². The molecule has 6 nitrogen and oxygen atoms in total. The van der Waals surface area contributed by atoms with E-state index in [1.807, 2.05) is 0 Å². The molecule has 28 heavy (non-hydrogen) atoms. The summed E-state index contributed by atoms with van der Waals surface area (Å²) in [5, 5.41) is 0. The quantitative estimate of drug-likeness (QED) is 0.743. The standard InChI is InChI=1S/C22H32N4O2/c1-17-6-7-20(14-18(17)2)16-25-12-10-24(11-13-25)8-4-5-9-26-15-19(3)21(27)23-22(26)28/h6-7,14-15H,4-5,8-13,16H2,1-3H3,(H,23,27,28). The van der Waals surface area contributed by atoms with Crippen molar-refractivity contribution in [1.29, 1.82) is 0 Å². The van der Waals surface area contributed by atoms with Gasteiger partial charge in [-0.3, -0.25) is 14.7 Å². The van der Waals surface area contributed by atoms with Crippen molar-refractivity contribution in [3.63, 3.8) is 0 Å². The average Bonchev–Trinajstić information content (AvgIpc) is 2.67. The number of benzene rings is 1. The number of unbranched alkanes of at least 4 members (excludes halogenated alkanes) is 1. The van der Waals surface area contributed by atoms with Crippen molar-refractivity contribution < 1.29 is 0 Å². The number of hydrogen-bond acceptors (Lipinski definition) is 4. The molecule has 1 saturated heterocycles. The zero-order valence-electron chi connectivity index (χ0n) is 17.3. The van der Waals surface area contributed by atoms with Gasteiger partial charge in [-0.05, 0) is 56.8 Å². The highest BCUT2D eigenvalue weighted by atomic mass is 16.2. The van der Waals surface area contributed by atoms with Crippen molar-refractivity contribution >= 4 is 0 Å². The topological polar surface area (TPSA) is 61.3 Å². The molecule has 0 unspecified atom stereocenters. The van der Waals surface area contributed by atoms with E-state index in [-0.39, 0.29) is 11.2 Å². The molecule has 0 radical (unpaired) electrons. The Kier molecular flexibility index (Phi) is 6.86. The van der Waals surface area contributed by atoms with Crippen molar-refractivity contribution in [3.8, 4) is 0 Å². The van der Waals surface area contributed by atoms with Gasteiger partial charge in [0.1, 0.15) is 0 Å². The third-order valence-corrected chi connectivity index (χ3v) is 5.75. The number of H-pyrrole nitrogens is 1. The lowest BCUT2D eigenvalue weighted by atomic mass is 10.1. The molecule has 2 aromatic rings. The van der Waals surface area contributed by atoms with Gasteiger partial charge in [0.15, 0.2) is 0 Å². The third kappa shape index (κ3) is 5.42. The van der Waals surface area contributed by atoms with Crippen molar-refractivity contribution in [2.24, 2.45) is 0 Å². The molecule has 1 aromatic carbocycles. The predicted molar refractivity (Wildman–Crippen MR) is 113 cm³/mol. The van der Waals surface area contributed by atoms with Crippen LogP contribution in [0.15, 0.2) is 34.0 Å². The molecule has 0 bridgehead atoms. The molecule has 3 rings (SSSR count). The largest absolute Gasteiger partial charge is 0.328 e. The first-order valence-corrected chi connectivity index (χ1v) is 10.2. The molecular formula is C22H32N4O2. The zero-order valence-corrected chi connectivity index (χ0v) is 17.3. The third-order valence-electron chi connectivity index (χ3n) is 5.75. The second kappa shape index (κ2) is 9.34. The normalized spacial score (nSPS) is 15.8. The SMILES string of the molecule is Cc1ccc(CN2CCN(CCCCn3cc(C)c(=O)[nH]c3=O)CC2)cc1C. The fourth-order valence-electron chi connectivity index (χ4n) is 3.73. The van der Waals surface area contributed by atoms with E-state index >= 15 is 0 Å². The van der Waals surface area contributed by atoms with E-state index in [0.717, 1.165) is 52.1 Å². The minimum absolute atomic E-state index is 0.292. The van der Waals surface area contributed by atoms with Gasteiger partial charge in [-0.25, -0.2) is 4.79 Å². The molecular weight excluding hydrogens is 352 g/mol. The maximum atomic E-state index is 11.8. The molecule has 152 valence electrons. The van der Waals surface area contributed by atoms with Gasteiger partial charge in [0.25, 0.3) is 5.56 Å². The van der Waals surface area contributed by atoms with Crippen LogP contribution in [0.25, 0.3) is 0 Å². The van der Waals surface area contributed by atoms with Crippen LogP contribution in [-0.4, -0.2) is 52.1 Å². The molecule has 0 saturated carbocycles. The summed E-state index contributed by atoms with van der Waals surface area (Å²) < 4.78 is 1.61. The molecule has 1 aliphatic heterocycles. The van der Waals surface area contributed by atoms with Crippen LogP contribution in [0.4, 0.5) is 0 Å². The lowest BCUT2D eigenvalue weighted by Gasteiger charge is -2.34. The first-order valence-electron chi connectivity index (χ1n) is 10.2. The number of piperazine rings is 1. The van der Waals surface area contributed by atoms with Crippen molar-refractivity contribution in [1.82, 2.24) is 19.4 Å². The summed E-state index contributed by atoms with van der Waals surface area (Å²) in [5.41, 5.74) is 4.11. The molecule has 6 heteroatoms. The van der Waals surface area contributed by atoms with Crippen LogP contribution < -0.4 is 11.2 Å². The van der Waals surface area contributed by atoms with E-state index in [4.69, 9.17) is 0 Å². The van der Waals surface area contributed by atoms with E-state index in [1.54, 1.807) is 17.7 Å². The molecule has 1 aromatic heterocycles. The van der Waals surface area contributed by atoms with Gasteiger partial charge < -0.3 is 9.47 Å². The Bertz CT molecular complexity index is 907. The van der Waals surface area contributed by atoms with Gasteiger partial charge in [-0.1, -0.05) is 18.2 Å². The molecule has 0 atom stereocenters. The lowest BCUT2D eigenvalue weighted by Crippen LogP contribution is -2.46. The number of aryl methyl sites for hydroxylation is 4. The molecule has 1 N–H and O–H groups in total. The van der Waals surface area contributed by atoms with Crippen LogP contribution in [0.5, 0.6) is 0 Å². The van der Waals surface area contributed by atoms with E-state index < -0.39 is 0 Å². The first kappa shape index (κ1) is 20.6. The minimum atomic E-state index is -0.310. The van der Waals surface area contributed by atoms with Crippen molar-refractivity contribution in [2.45, 2.75) is 46.7 Å². The van der Waals surface area contributed by atoms with E-state index in [9.17, 15) is 9.59 Å². The number of nitrogens with zero attached hydrogens (tertiary/aromatic N) is 3. The molecule has 1 fully saturated rings. The highest BCUT2D eigenvalue weighted by Crippen LogP contribution is 2.13. The fraction of sp³-hybridized carbons (Fsp3) is 0.545. The smallest absolute Gasteiger partial charge is 0.301 e. The van der Waals surface area contributed by atoms with E-state index in [2.05, 4.69) is 46.8 Å². The molecule has 0 aliphatic carbocycles. The van der Waals surface area contributed by atoms with Crippen molar-refractivity contribution in [3.05, 3.63) is 67.5 Å². The number of nitrogens with one attached hydrogen (secondary N) is 1. The summed E-state index contributed by atoms with van der Waals surface area (Å²) in [5.74, 6) is 0. The number of hydrogen-bond donors (Lipinski definition) is 1. The van der Waals surface area contributed by atoms with Gasteiger partial charge in [0.05, 0.1) is 0 Å². The van der Waals surface area contributed by atoms with Gasteiger partial charge in [-0.2, -0.15) is 0 Å². The Labute approximate surface area is 166 Å². The molecule has 0 amide bonds. The second-order valence-corrected chi connectivity index (χ2v) is 8.01. The van der Waals surface area contributed by atoms with E-state index in [0.29, 0.717) is 12.1 Å². The maximum Gasteiger partial charge on any atom is 0.328 e. The second-order valence-electron chi connectivity index (χ2n) is 8.01. The summed E-state index contributed by atoms with van der Waals surface area (Å²) in [7, 11) is 0. The zero-order chi connectivity index (χ0) is 20.1. The van der Waals surface area contributed by atoms with Gasteiger partial charge in [0, 0.05) is 51.0 Å². The van der Waals surface area contributed by atoms with Gasteiger partial charge in [0.2, 0.25) is 0 Å². The van der Waals surface area contributed by atoms with Crippen molar-refractivity contribution in [2.75, 3.05) is 32.7 Å². The van der Waals surface area contributed by atoms with E-state index in [1.165, 1.54) is 16.7 Å². The van der Waals surface area contributed by atoms with Crippen LogP contribution in [0.2, 0.25) is 0 Å². The summed E-state index contributed by atoms with van der Waals surface area (Å²) in [4.78, 5) is 30.6. The predicted octanol–water partition coefficient (Wildman–Crippen LogP) is 2.06. The maximum absolute atomic E-state index is 11.8. The number of aromatic nitrogens is 2. The summed E-state index contributed by atoms with van der Waals surface area (Å²) in [6, 6.07) is 6.77. The van der Waals surface area contributed by atoms with Crippen LogP contribution >= 0.6 is 0 Å².